The Labute approximate surface area is 85.8 Å². The molecule has 1 aromatic heterocycles. The summed E-state index contributed by atoms with van der Waals surface area (Å²) in [6.07, 6.45) is 1.62. The van der Waals surface area contributed by atoms with E-state index in [1.807, 2.05) is 0 Å². The van der Waals surface area contributed by atoms with Crippen LogP contribution < -0.4 is 11.3 Å². The van der Waals surface area contributed by atoms with Gasteiger partial charge in [-0.25, -0.2) is 0 Å². The summed E-state index contributed by atoms with van der Waals surface area (Å²) in [4.78, 5) is 11.3. The van der Waals surface area contributed by atoms with E-state index in [4.69, 9.17) is 5.73 Å². The van der Waals surface area contributed by atoms with E-state index in [-0.39, 0.29) is 17.9 Å². The minimum Gasteiger partial charge on any atom is -0.508 e. The van der Waals surface area contributed by atoms with Gasteiger partial charge in [-0.2, -0.15) is 0 Å². The van der Waals surface area contributed by atoms with Crippen LogP contribution in [0.4, 0.5) is 0 Å². The Balaban J connectivity index is 2.50. The molecule has 0 saturated heterocycles. The van der Waals surface area contributed by atoms with Gasteiger partial charge in [0.25, 0.3) is 5.56 Å². The van der Waals surface area contributed by atoms with Crippen LogP contribution in [0, 0.1) is 0 Å². The summed E-state index contributed by atoms with van der Waals surface area (Å²) in [5, 5.41) is 11.9. The number of nitrogens with zero attached hydrogens (tertiary/aromatic N) is 1. The van der Waals surface area contributed by atoms with Gasteiger partial charge in [0.15, 0.2) is 0 Å². The average Bonchev–Trinajstić information content (AvgIpc) is 2.60. The first-order valence-corrected chi connectivity index (χ1v) is 4.50. The smallest absolute Gasteiger partial charge is 0.268 e. The third kappa shape index (κ3) is 1.77. The van der Waals surface area contributed by atoms with Crippen molar-refractivity contribution in [3.8, 4) is 11.4 Å². The summed E-state index contributed by atoms with van der Waals surface area (Å²) in [5.41, 5.74) is 6.38. The standard InChI is InChI=1S/C10H11N3O2/c11-5-7-6-13(12-10(7)15)8-2-1-3-9(14)4-8/h1-4,6,14H,5,11H2,(H,12,15). The molecule has 0 fully saturated rings. The molecule has 4 N–H and O–H groups in total. The van der Waals surface area contributed by atoms with Crippen LogP contribution in [0.15, 0.2) is 35.3 Å². The van der Waals surface area contributed by atoms with Crippen LogP contribution >= 0.6 is 0 Å². The molecule has 2 aromatic rings. The molecule has 1 heterocycles. The molecule has 0 aliphatic heterocycles. The maximum atomic E-state index is 11.3. The van der Waals surface area contributed by atoms with Gasteiger partial charge in [-0.05, 0) is 12.1 Å². The summed E-state index contributed by atoms with van der Waals surface area (Å²) < 4.78 is 1.53. The molecular weight excluding hydrogens is 194 g/mol. The molecule has 2 rings (SSSR count). The molecule has 5 heteroatoms. The van der Waals surface area contributed by atoms with Crippen LogP contribution in [0.25, 0.3) is 5.69 Å². The largest absolute Gasteiger partial charge is 0.508 e. The zero-order valence-corrected chi connectivity index (χ0v) is 7.97. The van der Waals surface area contributed by atoms with Gasteiger partial charge < -0.3 is 10.8 Å². The third-order valence-electron chi connectivity index (χ3n) is 2.13. The Morgan fingerprint density at radius 3 is 2.87 bits per heavy atom. The van der Waals surface area contributed by atoms with Crippen molar-refractivity contribution in [2.75, 3.05) is 0 Å². The Morgan fingerprint density at radius 2 is 2.27 bits per heavy atom. The Bertz CT molecular complexity index is 527. The van der Waals surface area contributed by atoms with Gasteiger partial charge in [0.05, 0.1) is 11.3 Å². The number of phenols is 1. The molecular formula is C10H11N3O2. The lowest BCUT2D eigenvalue weighted by molar-refractivity contribution is 0.475. The lowest BCUT2D eigenvalue weighted by Crippen LogP contribution is -2.10. The van der Waals surface area contributed by atoms with E-state index in [1.54, 1.807) is 30.5 Å². The van der Waals surface area contributed by atoms with Gasteiger partial charge >= 0.3 is 0 Å². The predicted molar refractivity (Wildman–Crippen MR) is 55.9 cm³/mol. The highest BCUT2D eigenvalue weighted by Gasteiger charge is 2.03. The fourth-order valence-electron chi connectivity index (χ4n) is 1.36. The first kappa shape index (κ1) is 9.54. The molecule has 0 unspecified atom stereocenters. The van der Waals surface area contributed by atoms with E-state index >= 15 is 0 Å². The number of phenolic OH excluding ortho intramolecular Hbond substituents is 1. The lowest BCUT2D eigenvalue weighted by atomic mass is 10.3. The van der Waals surface area contributed by atoms with E-state index < -0.39 is 0 Å². The van der Waals surface area contributed by atoms with Crippen LogP contribution in [-0.4, -0.2) is 14.9 Å². The van der Waals surface area contributed by atoms with Gasteiger partial charge in [0.1, 0.15) is 5.75 Å². The van der Waals surface area contributed by atoms with Gasteiger partial charge in [-0.3, -0.25) is 14.6 Å². The molecule has 0 aliphatic rings. The number of aromatic hydroxyl groups is 1. The quantitative estimate of drug-likeness (QED) is 0.660. The molecule has 0 bridgehead atoms. The predicted octanol–water partition coefficient (Wildman–Crippen LogP) is 0.330. The van der Waals surface area contributed by atoms with Crippen molar-refractivity contribution in [1.29, 1.82) is 0 Å². The minimum atomic E-state index is -0.208. The molecule has 78 valence electrons. The lowest BCUT2D eigenvalue weighted by Gasteiger charge is -2.01. The SMILES string of the molecule is NCc1cn(-c2cccc(O)c2)[nH]c1=O. The molecule has 0 atom stereocenters. The average molecular weight is 205 g/mol. The molecule has 0 amide bonds. The van der Waals surface area contributed by atoms with Crippen LogP contribution in [0.1, 0.15) is 5.56 Å². The van der Waals surface area contributed by atoms with Crippen LogP contribution in [0.3, 0.4) is 0 Å². The zero-order chi connectivity index (χ0) is 10.8. The third-order valence-corrected chi connectivity index (χ3v) is 2.13. The topological polar surface area (TPSA) is 84.0 Å². The van der Waals surface area contributed by atoms with E-state index in [9.17, 15) is 9.90 Å². The van der Waals surface area contributed by atoms with Crippen LogP contribution in [0.2, 0.25) is 0 Å². The van der Waals surface area contributed by atoms with Gasteiger partial charge in [-0.1, -0.05) is 6.07 Å². The number of hydrogen-bond donors (Lipinski definition) is 3. The van der Waals surface area contributed by atoms with E-state index in [2.05, 4.69) is 5.10 Å². The van der Waals surface area contributed by atoms with Crippen molar-refractivity contribution in [3.63, 3.8) is 0 Å². The zero-order valence-electron chi connectivity index (χ0n) is 7.97. The van der Waals surface area contributed by atoms with Crippen molar-refractivity contribution < 1.29 is 5.11 Å². The van der Waals surface area contributed by atoms with Crippen molar-refractivity contribution in [1.82, 2.24) is 9.78 Å². The van der Waals surface area contributed by atoms with Gasteiger partial charge in [-0.15, -0.1) is 0 Å². The summed E-state index contributed by atoms with van der Waals surface area (Å²) in [6.45, 7) is 0.196. The summed E-state index contributed by atoms with van der Waals surface area (Å²) in [7, 11) is 0. The molecule has 15 heavy (non-hydrogen) atoms. The molecule has 1 aromatic carbocycles. The molecule has 0 aliphatic carbocycles. The first-order valence-electron chi connectivity index (χ1n) is 4.50. The maximum Gasteiger partial charge on any atom is 0.268 e. The molecule has 0 radical (unpaired) electrons. The number of rotatable bonds is 2. The second-order valence-corrected chi connectivity index (χ2v) is 3.19. The Kier molecular flexibility index (Phi) is 2.31. The second kappa shape index (κ2) is 3.62. The second-order valence-electron chi connectivity index (χ2n) is 3.19. The van der Waals surface area contributed by atoms with Crippen molar-refractivity contribution in [3.05, 3.63) is 46.4 Å². The number of nitrogens with one attached hydrogen (secondary N) is 1. The summed E-state index contributed by atoms with van der Waals surface area (Å²) >= 11 is 0. The number of hydrogen-bond acceptors (Lipinski definition) is 3. The minimum absolute atomic E-state index is 0.149. The van der Waals surface area contributed by atoms with E-state index in [0.717, 1.165) is 0 Å². The fourth-order valence-corrected chi connectivity index (χ4v) is 1.36. The number of benzene rings is 1. The summed E-state index contributed by atoms with van der Waals surface area (Å²) in [6, 6.07) is 6.59. The van der Waals surface area contributed by atoms with Crippen molar-refractivity contribution in [2.24, 2.45) is 5.73 Å². The first-order chi connectivity index (χ1) is 7.20. The molecule has 0 spiro atoms. The van der Waals surface area contributed by atoms with Gasteiger partial charge in [0.2, 0.25) is 0 Å². The van der Waals surface area contributed by atoms with Gasteiger partial charge in [0, 0.05) is 18.8 Å². The number of aromatic amines is 1. The van der Waals surface area contributed by atoms with Crippen LogP contribution in [0.5, 0.6) is 5.75 Å². The highest BCUT2D eigenvalue weighted by molar-refractivity contribution is 5.38. The number of nitrogens with two attached hydrogens (primary N) is 1. The highest BCUT2D eigenvalue weighted by atomic mass is 16.3. The molecule has 0 saturated carbocycles. The normalized spacial score (nSPS) is 10.5. The fraction of sp³-hybridized carbons (Fsp3) is 0.100. The van der Waals surface area contributed by atoms with Crippen molar-refractivity contribution >= 4 is 0 Å². The van der Waals surface area contributed by atoms with E-state index in [1.165, 1.54) is 4.68 Å². The summed E-state index contributed by atoms with van der Waals surface area (Å²) in [5.74, 6) is 0.149. The monoisotopic (exact) mass is 205 g/mol. The maximum absolute atomic E-state index is 11.3. The highest BCUT2D eigenvalue weighted by Crippen LogP contribution is 2.13. The van der Waals surface area contributed by atoms with E-state index in [0.29, 0.717) is 11.3 Å². The number of H-pyrrole nitrogens is 1. The Hall–Kier alpha value is -2.01. The Morgan fingerprint density at radius 1 is 1.47 bits per heavy atom. The van der Waals surface area contributed by atoms with Crippen LogP contribution in [-0.2, 0) is 6.54 Å². The van der Waals surface area contributed by atoms with Crippen molar-refractivity contribution in [2.45, 2.75) is 6.54 Å². The number of aromatic nitrogens is 2. The molecule has 5 nitrogen and oxygen atoms in total.